The first-order chi connectivity index (χ1) is 17.6. The first kappa shape index (κ1) is 23.5. The minimum atomic E-state index is 0.160. The van der Waals surface area contributed by atoms with Crippen molar-refractivity contribution in [1.29, 1.82) is 0 Å². The van der Waals surface area contributed by atoms with E-state index in [0.717, 1.165) is 75.4 Å². The molecule has 1 aliphatic carbocycles. The van der Waals surface area contributed by atoms with E-state index in [1.807, 2.05) is 6.07 Å². The van der Waals surface area contributed by atoms with Crippen LogP contribution in [0.25, 0.3) is 10.6 Å². The van der Waals surface area contributed by atoms with Gasteiger partial charge in [-0.05, 0) is 58.2 Å². The molecule has 1 saturated carbocycles. The topological polar surface area (TPSA) is 107 Å². The standard InChI is InChI=1S/C25H31N7O3S/c1-32-10-2-3-18(14-32)34-19-11-27-22(28-12-19)31-24-29-13-21(36-24)20-6-9-26-23(30-20)35-17-4-7-25(8-5-17)15-33-16-25/h6,9,11-13,17-18H,2-5,7-8,10,14-16H2,1H3,(H,27,28,29,31)/t18-/m1/s1. The van der Waals surface area contributed by atoms with Crippen molar-refractivity contribution in [3.05, 3.63) is 30.9 Å². The van der Waals surface area contributed by atoms with Crippen LogP contribution in [0.1, 0.15) is 38.5 Å². The smallest absolute Gasteiger partial charge is 0.317 e. The fourth-order valence-corrected chi connectivity index (χ4v) is 5.86. The zero-order valence-electron chi connectivity index (χ0n) is 20.4. The van der Waals surface area contributed by atoms with Gasteiger partial charge in [0, 0.05) is 24.4 Å². The SMILES string of the molecule is CN1CCC[C@@H](Oc2cnc(Nc3ncc(-c4ccnc(OC5CCC6(CC5)COC6)n4)s3)nc2)C1. The van der Waals surface area contributed by atoms with Crippen LogP contribution in [0.2, 0.25) is 0 Å². The van der Waals surface area contributed by atoms with E-state index in [2.05, 4.69) is 42.2 Å². The van der Waals surface area contributed by atoms with Crippen LogP contribution >= 0.6 is 11.3 Å². The van der Waals surface area contributed by atoms with E-state index < -0.39 is 0 Å². The molecule has 5 heterocycles. The van der Waals surface area contributed by atoms with E-state index in [-0.39, 0.29) is 12.2 Å². The number of hydrogen-bond donors (Lipinski definition) is 1. The highest BCUT2D eigenvalue weighted by molar-refractivity contribution is 7.18. The van der Waals surface area contributed by atoms with Crippen molar-refractivity contribution < 1.29 is 14.2 Å². The van der Waals surface area contributed by atoms with Gasteiger partial charge in [0.2, 0.25) is 5.95 Å². The summed E-state index contributed by atoms with van der Waals surface area (Å²) in [4.78, 5) is 25.4. The molecule has 36 heavy (non-hydrogen) atoms. The minimum Gasteiger partial charge on any atom is -0.486 e. The van der Waals surface area contributed by atoms with Crippen molar-refractivity contribution in [3.63, 3.8) is 0 Å². The van der Waals surface area contributed by atoms with Gasteiger partial charge in [-0.3, -0.25) is 0 Å². The molecule has 3 aliphatic rings. The Balaban J connectivity index is 1.04. The first-order valence-electron chi connectivity index (χ1n) is 12.6. The molecule has 0 unspecified atom stereocenters. The van der Waals surface area contributed by atoms with Crippen molar-refractivity contribution in [2.45, 2.75) is 50.7 Å². The molecule has 3 aromatic rings. The molecular formula is C25H31N7O3S. The van der Waals surface area contributed by atoms with E-state index in [4.69, 9.17) is 14.2 Å². The van der Waals surface area contributed by atoms with Crippen LogP contribution in [0, 0.1) is 5.41 Å². The van der Waals surface area contributed by atoms with Gasteiger partial charge >= 0.3 is 6.01 Å². The molecule has 2 aliphatic heterocycles. The van der Waals surface area contributed by atoms with Gasteiger partial charge < -0.3 is 24.4 Å². The number of rotatable bonds is 7. The number of ether oxygens (including phenoxy) is 3. The number of hydrogen-bond acceptors (Lipinski definition) is 11. The zero-order chi connectivity index (χ0) is 24.4. The van der Waals surface area contributed by atoms with Crippen LogP contribution in [0.4, 0.5) is 11.1 Å². The summed E-state index contributed by atoms with van der Waals surface area (Å²) in [5.74, 6) is 1.16. The second kappa shape index (κ2) is 10.2. The van der Waals surface area contributed by atoms with Crippen molar-refractivity contribution >= 4 is 22.4 Å². The third-order valence-electron chi connectivity index (χ3n) is 7.20. The minimum absolute atomic E-state index is 0.160. The maximum atomic E-state index is 6.12. The molecular weight excluding hydrogens is 478 g/mol. The van der Waals surface area contributed by atoms with E-state index >= 15 is 0 Å². The van der Waals surface area contributed by atoms with Crippen LogP contribution in [0.5, 0.6) is 11.8 Å². The normalized spacial score (nSPS) is 22.2. The van der Waals surface area contributed by atoms with E-state index in [1.165, 1.54) is 11.3 Å². The molecule has 0 amide bonds. The number of nitrogens with one attached hydrogen (secondary N) is 1. The average molecular weight is 510 g/mol. The quantitative estimate of drug-likeness (QED) is 0.503. The number of anilines is 2. The highest BCUT2D eigenvalue weighted by Gasteiger charge is 2.42. The summed E-state index contributed by atoms with van der Waals surface area (Å²) in [6.45, 7) is 3.84. The second-order valence-electron chi connectivity index (χ2n) is 10.1. The Morgan fingerprint density at radius 2 is 1.86 bits per heavy atom. The largest absolute Gasteiger partial charge is 0.486 e. The number of likely N-dealkylation sites (tertiary alicyclic amines) is 1. The Kier molecular flexibility index (Phi) is 6.68. The fraction of sp³-hybridized carbons (Fsp3) is 0.560. The van der Waals surface area contributed by atoms with Crippen LogP contribution in [-0.4, -0.2) is 75.4 Å². The van der Waals surface area contributed by atoms with Gasteiger partial charge in [-0.2, -0.15) is 4.98 Å². The summed E-state index contributed by atoms with van der Waals surface area (Å²) in [5.41, 5.74) is 1.19. The summed E-state index contributed by atoms with van der Waals surface area (Å²) in [7, 11) is 2.12. The van der Waals surface area contributed by atoms with Crippen molar-refractivity contribution in [2.75, 3.05) is 38.7 Å². The summed E-state index contributed by atoms with van der Waals surface area (Å²) in [6, 6.07) is 2.29. The van der Waals surface area contributed by atoms with Crippen molar-refractivity contribution in [3.8, 4) is 22.3 Å². The molecule has 10 nitrogen and oxygen atoms in total. The molecule has 2 saturated heterocycles. The number of likely N-dealkylation sites (N-methyl/N-ethyl adjacent to an activating group) is 1. The Labute approximate surface area is 214 Å². The van der Waals surface area contributed by atoms with Gasteiger partial charge in [0.25, 0.3) is 0 Å². The lowest BCUT2D eigenvalue weighted by Gasteiger charge is -2.45. The Morgan fingerprint density at radius 3 is 2.61 bits per heavy atom. The van der Waals surface area contributed by atoms with Gasteiger partial charge in [0.15, 0.2) is 10.9 Å². The first-order valence-corrected chi connectivity index (χ1v) is 13.4. The number of aromatic nitrogens is 5. The zero-order valence-corrected chi connectivity index (χ0v) is 21.2. The molecule has 6 rings (SSSR count). The number of thiazole rings is 1. The molecule has 0 radical (unpaired) electrons. The van der Waals surface area contributed by atoms with Gasteiger partial charge in [0.1, 0.15) is 12.2 Å². The second-order valence-corrected chi connectivity index (χ2v) is 11.1. The molecule has 0 aromatic carbocycles. The molecule has 3 aromatic heterocycles. The summed E-state index contributed by atoms with van der Waals surface area (Å²) >= 11 is 1.48. The van der Waals surface area contributed by atoms with Gasteiger partial charge in [-0.25, -0.2) is 19.9 Å². The Bertz CT molecular complexity index is 1160. The fourth-order valence-electron chi connectivity index (χ4n) is 5.08. The van der Waals surface area contributed by atoms with Gasteiger partial charge in [-0.1, -0.05) is 11.3 Å². The van der Waals surface area contributed by atoms with Crippen LogP contribution in [-0.2, 0) is 4.74 Å². The van der Waals surface area contributed by atoms with Crippen molar-refractivity contribution in [2.24, 2.45) is 5.41 Å². The monoisotopic (exact) mass is 509 g/mol. The Morgan fingerprint density at radius 1 is 1.03 bits per heavy atom. The van der Waals surface area contributed by atoms with Crippen molar-refractivity contribution in [1.82, 2.24) is 29.8 Å². The molecule has 190 valence electrons. The third-order valence-corrected chi connectivity index (χ3v) is 8.14. The van der Waals surface area contributed by atoms with E-state index in [1.54, 1.807) is 24.8 Å². The van der Waals surface area contributed by atoms with Crippen LogP contribution in [0.15, 0.2) is 30.9 Å². The summed E-state index contributed by atoms with van der Waals surface area (Å²) in [5, 5.41) is 3.86. The predicted molar refractivity (Wildman–Crippen MR) is 136 cm³/mol. The van der Waals surface area contributed by atoms with Crippen LogP contribution < -0.4 is 14.8 Å². The molecule has 11 heteroatoms. The molecule has 3 fully saturated rings. The molecule has 0 bridgehead atoms. The summed E-state index contributed by atoms with van der Waals surface area (Å²) in [6.07, 6.45) is 13.8. The third kappa shape index (κ3) is 5.42. The molecule has 1 N–H and O–H groups in total. The maximum Gasteiger partial charge on any atom is 0.317 e. The lowest BCUT2D eigenvalue weighted by atomic mass is 9.72. The highest BCUT2D eigenvalue weighted by Crippen LogP contribution is 2.43. The Hall–Kier alpha value is -2.89. The lowest BCUT2D eigenvalue weighted by molar-refractivity contribution is -0.140. The average Bonchev–Trinajstić information content (AvgIpc) is 3.34. The van der Waals surface area contributed by atoms with Crippen LogP contribution in [0.3, 0.4) is 0 Å². The van der Waals surface area contributed by atoms with E-state index in [9.17, 15) is 0 Å². The summed E-state index contributed by atoms with van der Waals surface area (Å²) < 4.78 is 17.6. The molecule has 1 atom stereocenters. The lowest BCUT2D eigenvalue weighted by Crippen LogP contribution is -2.46. The predicted octanol–water partition coefficient (Wildman–Crippen LogP) is 3.94. The molecule has 1 spiro atoms. The number of piperidine rings is 1. The van der Waals surface area contributed by atoms with E-state index in [0.29, 0.717) is 28.3 Å². The van der Waals surface area contributed by atoms with Gasteiger partial charge in [-0.15, -0.1) is 0 Å². The highest BCUT2D eigenvalue weighted by atomic mass is 32.1. The number of nitrogens with zero attached hydrogens (tertiary/aromatic N) is 6. The van der Waals surface area contributed by atoms with Gasteiger partial charge in [0.05, 0.1) is 36.2 Å². The maximum absolute atomic E-state index is 6.12.